The summed E-state index contributed by atoms with van der Waals surface area (Å²) >= 11 is 0. The Bertz CT molecular complexity index is 704. The summed E-state index contributed by atoms with van der Waals surface area (Å²) in [6, 6.07) is 6.96. The summed E-state index contributed by atoms with van der Waals surface area (Å²) in [6.07, 6.45) is -0.985. The highest BCUT2D eigenvalue weighted by molar-refractivity contribution is 5.98. The van der Waals surface area contributed by atoms with Gasteiger partial charge in [-0.25, -0.2) is 4.79 Å². The minimum absolute atomic E-state index is 0.238. The zero-order valence-electron chi connectivity index (χ0n) is 13.4. The maximum absolute atomic E-state index is 12.2. The number of amides is 1. The molecule has 2 aromatic rings. The zero-order valence-corrected chi connectivity index (χ0v) is 13.4. The van der Waals surface area contributed by atoms with Crippen molar-refractivity contribution in [1.82, 2.24) is 5.16 Å². The number of rotatable bonds is 5. The van der Waals surface area contributed by atoms with Gasteiger partial charge in [0.1, 0.15) is 17.1 Å². The van der Waals surface area contributed by atoms with Gasteiger partial charge in [0.25, 0.3) is 5.91 Å². The van der Waals surface area contributed by atoms with Crippen LogP contribution in [0.15, 0.2) is 28.8 Å². The summed E-state index contributed by atoms with van der Waals surface area (Å²) < 4.78 is 15.2. The normalized spacial score (nSPS) is 11.7. The first-order chi connectivity index (χ1) is 10.9. The molecule has 0 radical (unpaired) electrons. The summed E-state index contributed by atoms with van der Waals surface area (Å²) in [5.74, 6) is -0.242. The van der Waals surface area contributed by atoms with Gasteiger partial charge in [0.15, 0.2) is 6.10 Å². The van der Waals surface area contributed by atoms with E-state index in [9.17, 15) is 9.59 Å². The van der Waals surface area contributed by atoms with Crippen LogP contribution in [0.25, 0.3) is 0 Å². The molecule has 7 heteroatoms. The first-order valence-corrected chi connectivity index (χ1v) is 7.01. The number of benzene rings is 1. The van der Waals surface area contributed by atoms with Crippen LogP contribution in [-0.2, 0) is 9.53 Å². The molecule has 1 aromatic heterocycles. The quantitative estimate of drug-likeness (QED) is 0.852. The maximum Gasteiger partial charge on any atom is 0.344 e. The second-order valence-electron chi connectivity index (χ2n) is 4.94. The van der Waals surface area contributed by atoms with Gasteiger partial charge in [-0.3, -0.25) is 4.79 Å². The number of ether oxygens (including phenoxy) is 2. The van der Waals surface area contributed by atoms with E-state index in [0.717, 1.165) is 0 Å². The van der Waals surface area contributed by atoms with E-state index >= 15 is 0 Å². The lowest BCUT2D eigenvalue weighted by atomic mass is 10.2. The lowest BCUT2D eigenvalue weighted by Crippen LogP contribution is -2.30. The number of aryl methyl sites for hydroxylation is 2. The van der Waals surface area contributed by atoms with Crippen molar-refractivity contribution in [3.63, 3.8) is 0 Å². The molecule has 23 heavy (non-hydrogen) atoms. The summed E-state index contributed by atoms with van der Waals surface area (Å²) in [5, 5.41) is 6.35. The van der Waals surface area contributed by atoms with E-state index in [1.807, 2.05) is 0 Å². The molecule has 1 aromatic carbocycles. The van der Waals surface area contributed by atoms with E-state index in [0.29, 0.717) is 22.9 Å². The molecule has 7 nitrogen and oxygen atoms in total. The molecular formula is C16H18N2O5. The van der Waals surface area contributed by atoms with Crippen LogP contribution in [0.5, 0.6) is 5.75 Å². The Hall–Kier alpha value is -2.83. The number of hydrogen-bond donors (Lipinski definition) is 1. The number of methoxy groups -OCH3 is 1. The molecular weight excluding hydrogens is 300 g/mol. The third kappa shape index (κ3) is 3.68. The molecule has 0 aliphatic carbocycles. The van der Waals surface area contributed by atoms with Gasteiger partial charge in [-0.1, -0.05) is 17.3 Å². The predicted octanol–water partition coefficient (Wildman–Crippen LogP) is 2.48. The first-order valence-electron chi connectivity index (χ1n) is 7.01. The average Bonchev–Trinajstić information content (AvgIpc) is 2.86. The van der Waals surface area contributed by atoms with Crippen LogP contribution in [0, 0.1) is 13.8 Å². The summed E-state index contributed by atoms with van der Waals surface area (Å²) in [7, 11) is 1.51. The minimum atomic E-state index is -0.985. The fourth-order valence-corrected chi connectivity index (χ4v) is 2.03. The summed E-state index contributed by atoms with van der Waals surface area (Å²) in [4.78, 5) is 24.3. The molecule has 1 unspecified atom stereocenters. The second-order valence-corrected chi connectivity index (χ2v) is 4.94. The Labute approximate surface area is 133 Å². The first kappa shape index (κ1) is 16.5. The maximum atomic E-state index is 12.2. The van der Waals surface area contributed by atoms with Gasteiger partial charge in [0.2, 0.25) is 0 Å². The van der Waals surface area contributed by atoms with Gasteiger partial charge in [0.05, 0.1) is 18.5 Å². The molecule has 1 amide bonds. The van der Waals surface area contributed by atoms with Crippen molar-refractivity contribution in [3.8, 4) is 5.75 Å². The van der Waals surface area contributed by atoms with Crippen molar-refractivity contribution in [1.29, 1.82) is 0 Å². The number of hydrogen-bond acceptors (Lipinski definition) is 6. The van der Waals surface area contributed by atoms with Crippen molar-refractivity contribution >= 4 is 17.6 Å². The molecule has 1 N–H and O–H groups in total. The molecule has 0 fully saturated rings. The number of aromatic nitrogens is 1. The third-order valence-corrected chi connectivity index (χ3v) is 3.26. The number of anilines is 1. The Morgan fingerprint density at radius 2 is 1.96 bits per heavy atom. The van der Waals surface area contributed by atoms with E-state index in [2.05, 4.69) is 10.5 Å². The van der Waals surface area contributed by atoms with Gasteiger partial charge in [-0.15, -0.1) is 0 Å². The van der Waals surface area contributed by atoms with E-state index in [1.165, 1.54) is 14.0 Å². The topological polar surface area (TPSA) is 90.7 Å². The van der Waals surface area contributed by atoms with Crippen molar-refractivity contribution in [3.05, 3.63) is 41.3 Å². The Balaban J connectivity index is 2.04. The SMILES string of the molecule is COc1ccccc1NC(=O)C(C)OC(=O)c1c(C)noc1C. The predicted molar refractivity (Wildman–Crippen MR) is 82.5 cm³/mol. The number of nitrogens with one attached hydrogen (secondary N) is 1. The smallest absolute Gasteiger partial charge is 0.344 e. The molecule has 0 saturated heterocycles. The highest BCUT2D eigenvalue weighted by Gasteiger charge is 2.24. The van der Waals surface area contributed by atoms with E-state index in [1.54, 1.807) is 38.1 Å². The lowest BCUT2D eigenvalue weighted by molar-refractivity contribution is -0.123. The zero-order chi connectivity index (χ0) is 17.0. The molecule has 1 heterocycles. The lowest BCUT2D eigenvalue weighted by Gasteiger charge is -2.15. The minimum Gasteiger partial charge on any atom is -0.495 e. The molecule has 0 aliphatic heterocycles. The molecule has 2 rings (SSSR count). The second kappa shape index (κ2) is 6.95. The van der Waals surface area contributed by atoms with Crippen LogP contribution in [0.3, 0.4) is 0 Å². The fraction of sp³-hybridized carbons (Fsp3) is 0.312. The number of nitrogens with zero attached hydrogens (tertiary/aromatic N) is 1. The largest absolute Gasteiger partial charge is 0.495 e. The van der Waals surface area contributed by atoms with Gasteiger partial charge in [-0.2, -0.15) is 0 Å². The highest BCUT2D eigenvalue weighted by atomic mass is 16.5. The number of carbonyl (C=O) groups is 2. The summed E-state index contributed by atoms with van der Waals surface area (Å²) in [5.41, 5.74) is 1.16. The molecule has 1 atom stereocenters. The Morgan fingerprint density at radius 3 is 2.57 bits per heavy atom. The van der Waals surface area contributed by atoms with Gasteiger partial charge in [-0.05, 0) is 32.9 Å². The molecule has 122 valence electrons. The van der Waals surface area contributed by atoms with Crippen LogP contribution in [-0.4, -0.2) is 30.2 Å². The number of carbonyl (C=O) groups excluding carboxylic acids is 2. The Morgan fingerprint density at radius 1 is 1.26 bits per heavy atom. The van der Waals surface area contributed by atoms with Gasteiger partial charge < -0.3 is 19.3 Å². The Kier molecular flexibility index (Phi) is 5.00. The van der Waals surface area contributed by atoms with Crippen LogP contribution in [0.1, 0.15) is 28.7 Å². The van der Waals surface area contributed by atoms with Gasteiger partial charge >= 0.3 is 5.97 Å². The molecule has 0 spiro atoms. The average molecular weight is 318 g/mol. The van der Waals surface area contributed by atoms with Crippen molar-refractivity contribution in [2.75, 3.05) is 12.4 Å². The van der Waals surface area contributed by atoms with Crippen LogP contribution in [0.2, 0.25) is 0 Å². The standard InChI is InChI=1S/C16H18N2O5/c1-9-14(10(2)23-18-9)16(20)22-11(3)15(19)17-12-7-5-6-8-13(12)21-4/h5-8,11H,1-4H3,(H,17,19). The van der Waals surface area contributed by atoms with Crippen LogP contribution >= 0.6 is 0 Å². The van der Waals surface area contributed by atoms with Crippen molar-refractivity contribution in [2.24, 2.45) is 0 Å². The molecule has 0 bridgehead atoms. The molecule has 0 saturated carbocycles. The number of para-hydroxylation sites is 2. The number of esters is 1. The van der Waals surface area contributed by atoms with E-state index in [4.69, 9.17) is 14.0 Å². The van der Waals surface area contributed by atoms with Gasteiger partial charge in [0, 0.05) is 0 Å². The molecule has 0 aliphatic rings. The van der Waals surface area contributed by atoms with E-state index in [-0.39, 0.29) is 5.56 Å². The monoisotopic (exact) mass is 318 g/mol. The third-order valence-electron chi connectivity index (χ3n) is 3.26. The van der Waals surface area contributed by atoms with Crippen LogP contribution in [0.4, 0.5) is 5.69 Å². The van der Waals surface area contributed by atoms with Crippen LogP contribution < -0.4 is 10.1 Å². The highest BCUT2D eigenvalue weighted by Crippen LogP contribution is 2.23. The summed E-state index contributed by atoms with van der Waals surface area (Å²) in [6.45, 7) is 4.73. The fourth-order valence-electron chi connectivity index (χ4n) is 2.03. The van der Waals surface area contributed by atoms with Crippen molar-refractivity contribution < 1.29 is 23.6 Å². The van der Waals surface area contributed by atoms with Crippen molar-refractivity contribution in [2.45, 2.75) is 26.9 Å². The van der Waals surface area contributed by atoms with E-state index < -0.39 is 18.0 Å².